The molecule has 13 heavy (non-hydrogen) atoms. The van der Waals surface area contributed by atoms with Crippen molar-refractivity contribution in [3.05, 3.63) is 0 Å². The molecule has 0 saturated carbocycles. The van der Waals surface area contributed by atoms with Crippen LogP contribution in [0.25, 0.3) is 0 Å². The van der Waals surface area contributed by atoms with E-state index in [4.69, 9.17) is 15.9 Å². The van der Waals surface area contributed by atoms with Crippen LogP contribution in [-0.2, 0) is 4.74 Å². The van der Waals surface area contributed by atoms with E-state index in [-0.39, 0.29) is 5.96 Å². The summed E-state index contributed by atoms with van der Waals surface area (Å²) in [5.74, 6) is 0.186. The molecule has 1 saturated heterocycles. The highest BCUT2D eigenvalue weighted by molar-refractivity contribution is 5.74. The van der Waals surface area contributed by atoms with Gasteiger partial charge in [-0.2, -0.15) is 0 Å². The molecule has 0 atom stereocenters. The summed E-state index contributed by atoms with van der Waals surface area (Å²) in [6.07, 6.45) is 0. The highest BCUT2D eigenvalue weighted by Gasteiger charge is 2.16. The van der Waals surface area contributed by atoms with Gasteiger partial charge in [-0.1, -0.05) is 0 Å². The van der Waals surface area contributed by atoms with Crippen molar-refractivity contribution in [3.8, 4) is 0 Å². The van der Waals surface area contributed by atoms with E-state index < -0.39 is 0 Å². The topological polar surface area (TPSA) is 65.6 Å². The first kappa shape index (κ1) is 10.3. The fourth-order valence-corrected chi connectivity index (χ4v) is 1.43. The van der Waals surface area contributed by atoms with E-state index in [0.717, 1.165) is 39.3 Å². The van der Waals surface area contributed by atoms with E-state index in [1.807, 2.05) is 4.90 Å². The predicted octanol–water partition coefficient (Wildman–Crippen LogP) is -0.856. The van der Waals surface area contributed by atoms with Crippen LogP contribution in [0.15, 0.2) is 0 Å². The largest absolute Gasteiger partial charge is 0.383 e. The molecule has 1 heterocycles. The third-order valence-corrected chi connectivity index (χ3v) is 2.32. The van der Waals surface area contributed by atoms with Gasteiger partial charge in [-0.15, -0.1) is 0 Å². The van der Waals surface area contributed by atoms with Crippen molar-refractivity contribution in [2.24, 2.45) is 5.73 Å². The molecule has 0 amide bonds. The van der Waals surface area contributed by atoms with Crippen molar-refractivity contribution in [3.63, 3.8) is 0 Å². The first-order valence-electron chi connectivity index (χ1n) is 4.54. The van der Waals surface area contributed by atoms with Gasteiger partial charge in [0.2, 0.25) is 0 Å². The van der Waals surface area contributed by atoms with Gasteiger partial charge in [0.05, 0.1) is 6.61 Å². The zero-order chi connectivity index (χ0) is 9.68. The van der Waals surface area contributed by atoms with E-state index in [2.05, 4.69) is 4.90 Å². The Morgan fingerprint density at radius 1 is 1.38 bits per heavy atom. The number of nitrogens with one attached hydrogen (secondary N) is 1. The lowest BCUT2D eigenvalue weighted by Crippen LogP contribution is -2.51. The first-order valence-corrected chi connectivity index (χ1v) is 4.54. The number of hydrogen-bond acceptors (Lipinski definition) is 3. The molecule has 1 rings (SSSR count). The molecule has 5 nitrogen and oxygen atoms in total. The lowest BCUT2D eigenvalue weighted by Gasteiger charge is -2.34. The van der Waals surface area contributed by atoms with Gasteiger partial charge < -0.3 is 15.4 Å². The fourth-order valence-electron chi connectivity index (χ4n) is 1.43. The maximum Gasteiger partial charge on any atom is 0.188 e. The zero-order valence-electron chi connectivity index (χ0n) is 8.12. The van der Waals surface area contributed by atoms with Gasteiger partial charge in [-0.25, -0.2) is 0 Å². The molecule has 0 aliphatic carbocycles. The van der Waals surface area contributed by atoms with Crippen molar-refractivity contribution in [1.82, 2.24) is 9.80 Å². The summed E-state index contributed by atoms with van der Waals surface area (Å²) in [6, 6.07) is 0. The second-order valence-electron chi connectivity index (χ2n) is 3.21. The molecular weight excluding hydrogens is 168 g/mol. The van der Waals surface area contributed by atoms with Crippen molar-refractivity contribution in [1.29, 1.82) is 5.41 Å². The molecule has 5 heteroatoms. The van der Waals surface area contributed by atoms with Gasteiger partial charge in [-0.05, 0) is 0 Å². The summed E-state index contributed by atoms with van der Waals surface area (Å²) >= 11 is 0. The van der Waals surface area contributed by atoms with Crippen molar-refractivity contribution in [2.45, 2.75) is 0 Å². The summed E-state index contributed by atoms with van der Waals surface area (Å²) in [5, 5.41) is 7.25. The molecule has 0 aromatic heterocycles. The number of ether oxygens (including phenoxy) is 1. The van der Waals surface area contributed by atoms with E-state index >= 15 is 0 Å². The number of hydrogen-bond donors (Lipinski definition) is 2. The second kappa shape index (κ2) is 5.04. The van der Waals surface area contributed by atoms with Gasteiger partial charge >= 0.3 is 0 Å². The summed E-state index contributed by atoms with van der Waals surface area (Å²) in [6.45, 7) is 5.42. The molecule has 0 unspecified atom stereocenters. The monoisotopic (exact) mass is 186 g/mol. The smallest absolute Gasteiger partial charge is 0.188 e. The third-order valence-electron chi connectivity index (χ3n) is 2.32. The van der Waals surface area contributed by atoms with E-state index in [0.29, 0.717) is 0 Å². The molecule has 1 aliphatic rings. The van der Waals surface area contributed by atoms with Gasteiger partial charge in [-0.3, -0.25) is 10.3 Å². The third kappa shape index (κ3) is 3.20. The van der Waals surface area contributed by atoms with Crippen molar-refractivity contribution in [2.75, 3.05) is 46.4 Å². The second-order valence-corrected chi connectivity index (χ2v) is 3.21. The van der Waals surface area contributed by atoms with E-state index in [1.165, 1.54) is 0 Å². The highest BCUT2D eigenvalue weighted by Crippen LogP contribution is 1.99. The summed E-state index contributed by atoms with van der Waals surface area (Å²) in [5.41, 5.74) is 5.38. The molecular formula is C8H18N4O. The minimum atomic E-state index is 0.186. The Morgan fingerprint density at radius 3 is 2.46 bits per heavy atom. The Balaban J connectivity index is 2.18. The molecule has 0 aromatic carbocycles. The Hall–Kier alpha value is -0.810. The molecule has 0 bridgehead atoms. The normalized spacial score (nSPS) is 19.0. The SMILES string of the molecule is COCCN1CCN(C(=N)N)CC1. The van der Waals surface area contributed by atoms with Crippen LogP contribution in [0.5, 0.6) is 0 Å². The average molecular weight is 186 g/mol. The van der Waals surface area contributed by atoms with Crippen LogP contribution in [0, 0.1) is 5.41 Å². The minimum absolute atomic E-state index is 0.186. The van der Waals surface area contributed by atoms with Crippen LogP contribution >= 0.6 is 0 Å². The van der Waals surface area contributed by atoms with Gasteiger partial charge in [0.15, 0.2) is 5.96 Å². The number of rotatable bonds is 3. The highest BCUT2D eigenvalue weighted by atomic mass is 16.5. The van der Waals surface area contributed by atoms with E-state index in [1.54, 1.807) is 7.11 Å². The fraction of sp³-hybridized carbons (Fsp3) is 0.875. The summed E-state index contributed by atoms with van der Waals surface area (Å²) < 4.78 is 5.00. The Kier molecular flexibility index (Phi) is 3.98. The predicted molar refractivity (Wildman–Crippen MR) is 51.8 cm³/mol. The molecule has 3 N–H and O–H groups in total. The quantitative estimate of drug-likeness (QED) is 0.445. The number of methoxy groups -OCH3 is 1. The first-order chi connectivity index (χ1) is 6.24. The van der Waals surface area contributed by atoms with Crippen LogP contribution in [0.4, 0.5) is 0 Å². The molecule has 0 spiro atoms. The van der Waals surface area contributed by atoms with Gasteiger partial charge in [0.25, 0.3) is 0 Å². The van der Waals surface area contributed by atoms with Crippen LogP contribution in [0.2, 0.25) is 0 Å². The molecule has 1 aliphatic heterocycles. The Bertz CT molecular complexity index is 166. The van der Waals surface area contributed by atoms with Gasteiger partial charge in [0.1, 0.15) is 0 Å². The standard InChI is InChI=1S/C8H18N4O/c1-13-7-6-11-2-4-12(5-3-11)8(9)10/h2-7H2,1H3,(H3,9,10). The maximum absolute atomic E-state index is 7.25. The number of nitrogens with zero attached hydrogens (tertiary/aromatic N) is 2. The summed E-state index contributed by atoms with van der Waals surface area (Å²) in [7, 11) is 1.71. The number of guanidine groups is 1. The molecule has 76 valence electrons. The zero-order valence-corrected chi connectivity index (χ0v) is 8.12. The minimum Gasteiger partial charge on any atom is -0.383 e. The lowest BCUT2D eigenvalue weighted by atomic mass is 10.3. The van der Waals surface area contributed by atoms with Crippen LogP contribution in [0.1, 0.15) is 0 Å². The van der Waals surface area contributed by atoms with Crippen molar-refractivity contribution >= 4 is 5.96 Å². The number of nitrogens with two attached hydrogens (primary N) is 1. The van der Waals surface area contributed by atoms with E-state index in [9.17, 15) is 0 Å². The molecule has 0 aromatic rings. The van der Waals surface area contributed by atoms with Crippen LogP contribution in [-0.4, -0.2) is 62.2 Å². The molecule has 1 fully saturated rings. The Morgan fingerprint density at radius 2 is 2.00 bits per heavy atom. The average Bonchev–Trinajstić information content (AvgIpc) is 2.15. The van der Waals surface area contributed by atoms with Crippen LogP contribution in [0.3, 0.4) is 0 Å². The van der Waals surface area contributed by atoms with Crippen LogP contribution < -0.4 is 5.73 Å². The maximum atomic E-state index is 7.25. The summed E-state index contributed by atoms with van der Waals surface area (Å²) in [4.78, 5) is 4.21. The number of piperazine rings is 1. The van der Waals surface area contributed by atoms with Gasteiger partial charge in [0, 0.05) is 39.8 Å². The molecule has 0 radical (unpaired) electrons. The Labute approximate surface area is 78.9 Å². The van der Waals surface area contributed by atoms with Crippen molar-refractivity contribution < 1.29 is 4.74 Å². The lowest BCUT2D eigenvalue weighted by molar-refractivity contribution is 0.120.